The molecule has 7 heteroatoms. The molecule has 118 valence electrons. The quantitative estimate of drug-likeness (QED) is 0.912. The van der Waals surface area contributed by atoms with Crippen molar-refractivity contribution >= 4 is 5.95 Å². The standard InChI is InChI=1S/C15H21N5O2/c1-19(10-11-7-8-14(22-2)13(21)9-11)15-16-17-18-20(15)12-5-3-4-6-12/h7-9,12,21H,3-6,10H2,1-2H3. The number of hydrogen-bond donors (Lipinski definition) is 1. The smallest absolute Gasteiger partial charge is 0.245 e. The molecule has 0 amide bonds. The lowest BCUT2D eigenvalue weighted by molar-refractivity contribution is 0.373. The van der Waals surface area contributed by atoms with Crippen molar-refractivity contribution in [3.63, 3.8) is 0 Å². The first-order chi connectivity index (χ1) is 10.7. The van der Waals surface area contributed by atoms with Crippen LogP contribution in [-0.4, -0.2) is 39.5 Å². The molecule has 7 nitrogen and oxygen atoms in total. The molecule has 1 N–H and O–H groups in total. The zero-order valence-corrected chi connectivity index (χ0v) is 12.9. The van der Waals surface area contributed by atoms with Gasteiger partial charge in [-0.05, 0) is 41.0 Å². The number of ether oxygens (including phenoxy) is 1. The van der Waals surface area contributed by atoms with Crippen molar-refractivity contribution in [3.05, 3.63) is 23.8 Å². The highest BCUT2D eigenvalue weighted by molar-refractivity contribution is 5.43. The molecule has 1 saturated carbocycles. The van der Waals surface area contributed by atoms with Crippen molar-refractivity contribution in [1.29, 1.82) is 0 Å². The summed E-state index contributed by atoms with van der Waals surface area (Å²) in [5.41, 5.74) is 0.974. The summed E-state index contributed by atoms with van der Waals surface area (Å²) in [6, 6.07) is 5.80. The van der Waals surface area contributed by atoms with Gasteiger partial charge in [0.25, 0.3) is 0 Å². The van der Waals surface area contributed by atoms with Crippen LogP contribution in [0, 0.1) is 0 Å². The zero-order valence-electron chi connectivity index (χ0n) is 12.9. The lowest BCUT2D eigenvalue weighted by Crippen LogP contribution is -2.22. The molecule has 0 radical (unpaired) electrons. The Bertz CT molecular complexity index is 637. The second-order valence-electron chi connectivity index (χ2n) is 5.72. The maximum Gasteiger partial charge on any atom is 0.245 e. The van der Waals surface area contributed by atoms with Crippen molar-refractivity contribution in [1.82, 2.24) is 20.2 Å². The topological polar surface area (TPSA) is 76.3 Å². The third kappa shape index (κ3) is 2.84. The van der Waals surface area contributed by atoms with E-state index >= 15 is 0 Å². The highest BCUT2D eigenvalue weighted by Gasteiger charge is 2.23. The Morgan fingerprint density at radius 2 is 2.14 bits per heavy atom. The van der Waals surface area contributed by atoms with Crippen LogP contribution in [-0.2, 0) is 6.54 Å². The molecule has 22 heavy (non-hydrogen) atoms. The fraction of sp³-hybridized carbons (Fsp3) is 0.533. The molecule has 0 spiro atoms. The number of anilines is 1. The summed E-state index contributed by atoms with van der Waals surface area (Å²) in [4.78, 5) is 2.00. The minimum Gasteiger partial charge on any atom is -0.504 e. The maximum atomic E-state index is 9.87. The van der Waals surface area contributed by atoms with Crippen molar-refractivity contribution in [2.75, 3.05) is 19.1 Å². The molecule has 1 aliphatic rings. The van der Waals surface area contributed by atoms with E-state index in [0.717, 1.165) is 24.4 Å². The lowest BCUT2D eigenvalue weighted by atomic mass is 10.2. The fourth-order valence-corrected chi connectivity index (χ4v) is 3.00. The van der Waals surface area contributed by atoms with Crippen molar-refractivity contribution in [2.24, 2.45) is 0 Å². The highest BCUT2D eigenvalue weighted by Crippen LogP contribution is 2.31. The fourth-order valence-electron chi connectivity index (χ4n) is 3.00. The number of rotatable bonds is 5. The van der Waals surface area contributed by atoms with Gasteiger partial charge in [0.05, 0.1) is 13.2 Å². The Balaban J connectivity index is 1.76. The third-order valence-electron chi connectivity index (χ3n) is 4.15. The normalized spacial score (nSPS) is 15.2. The van der Waals surface area contributed by atoms with Gasteiger partial charge >= 0.3 is 0 Å². The monoisotopic (exact) mass is 303 g/mol. The summed E-state index contributed by atoms with van der Waals surface area (Å²) in [6.45, 7) is 0.616. The number of nitrogens with zero attached hydrogens (tertiary/aromatic N) is 5. The van der Waals surface area contributed by atoms with E-state index in [1.165, 1.54) is 20.0 Å². The lowest BCUT2D eigenvalue weighted by Gasteiger charge is -2.20. The number of benzene rings is 1. The van der Waals surface area contributed by atoms with Crippen LogP contribution in [0.15, 0.2) is 18.2 Å². The van der Waals surface area contributed by atoms with Gasteiger partial charge in [-0.15, -0.1) is 0 Å². The Kier molecular flexibility index (Phi) is 4.13. The second kappa shape index (κ2) is 6.21. The molecule has 2 aromatic rings. The molecule has 1 aromatic heterocycles. The molecule has 0 atom stereocenters. The van der Waals surface area contributed by atoms with Crippen molar-refractivity contribution < 1.29 is 9.84 Å². The van der Waals surface area contributed by atoms with Crippen LogP contribution in [0.3, 0.4) is 0 Å². The molecule has 1 fully saturated rings. The number of tetrazole rings is 1. The van der Waals surface area contributed by atoms with E-state index in [4.69, 9.17) is 4.74 Å². The maximum absolute atomic E-state index is 9.87. The van der Waals surface area contributed by atoms with Crippen molar-refractivity contribution in [3.8, 4) is 11.5 Å². The minimum absolute atomic E-state index is 0.142. The number of aromatic nitrogens is 4. The molecular weight excluding hydrogens is 282 g/mol. The van der Waals surface area contributed by atoms with Gasteiger partial charge in [-0.1, -0.05) is 24.0 Å². The van der Waals surface area contributed by atoms with Gasteiger partial charge in [0.15, 0.2) is 11.5 Å². The molecule has 0 bridgehead atoms. The highest BCUT2D eigenvalue weighted by atomic mass is 16.5. The van der Waals surface area contributed by atoms with Crippen LogP contribution in [0.1, 0.15) is 37.3 Å². The van der Waals surface area contributed by atoms with Crippen LogP contribution in [0.25, 0.3) is 0 Å². The number of methoxy groups -OCH3 is 1. The van der Waals surface area contributed by atoms with Gasteiger partial charge in [0.1, 0.15) is 0 Å². The second-order valence-corrected chi connectivity index (χ2v) is 5.72. The van der Waals surface area contributed by atoms with Gasteiger partial charge in [0, 0.05) is 13.6 Å². The number of hydrogen-bond acceptors (Lipinski definition) is 6. The van der Waals surface area contributed by atoms with Crippen LogP contribution in [0.2, 0.25) is 0 Å². The molecule has 1 aliphatic carbocycles. The number of phenols is 1. The minimum atomic E-state index is 0.142. The third-order valence-corrected chi connectivity index (χ3v) is 4.15. The first kappa shape index (κ1) is 14.6. The number of aromatic hydroxyl groups is 1. The zero-order chi connectivity index (χ0) is 15.5. The van der Waals surface area contributed by atoms with E-state index in [9.17, 15) is 5.11 Å². The average Bonchev–Trinajstić information content (AvgIpc) is 3.18. The SMILES string of the molecule is COc1ccc(CN(C)c2nnnn2C2CCCC2)cc1O. The Hall–Kier alpha value is -2.31. The van der Waals surface area contributed by atoms with E-state index in [1.54, 1.807) is 12.1 Å². The van der Waals surface area contributed by atoms with Gasteiger partial charge in [-0.3, -0.25) is 0 Å². The molecule has 0 unspecified atom stereocenters. The van der Waals surface area contributed by atoms with E-state index < -0.39 is 0 Å². The molecule has 0 aliphatic heterocycles. The summed E-state index contributed by atoms with van der Waals surface area (Å²) in [6.07, 6.45) is 4.74. The van der Waals surface area contributed by atoms with E-state index in [1.807, 2.05) is 22.7 Å². The molecule has 1 aromatic carbocycles. The van der Waals surface area contributed by atoms with Crippen LogP contribution < -0.4 is 9.64 Å². The molecule has 1 heterocycles. The van der Waals surface area contributed by atoms with E-state index in [-0.39, 0.29) is 5.75 Å². The summed E-state index contributed by atoms with van der Waals surface area (Å²) in [5, 5.41) is 22.0. The largest absolute Gasteiger partial charge is 0.504 e. The molecule has 3 rings (SSSR count). The predicted molar refractivity (Wildman–Crippen MR) is 82.1 cm³/mol. The van der Waals surface area contributed by atoms with Gasteiger partial charge in [-0.2, -0.15) is 0 Å². The summed E-state index contributed by atoms with van der Waals surface area (Å²) in [5.74, 6) is 1.38. The Morgan fingerprint density at radius 1 is 1.36 bits per heavy atom. The molecule has 0 saturated heterocycles. The molecular formula is C15H21N5O2. The van der Waals surface area contributed by atoms with Gasteiger partial charge in [-0.25, -0.2) is 4.68 Å². The van der Waals surface area contributed by atoms with Gasteiger partial charge < -0.3 is 14.7 Å². The van der Waals surface area contributed by atoms with E-state index in [2.05, 4.69) is 15.5 Å². The van der Waals surface area contributed by atoms with Crippen LogP contribution >= 0.6 is 0 Å². The first-order valence-corrected chi connectivity index (χ1v) is 7.54. The van der Waals surface area contributed by atoms with E-state index in [0.29, 0.717) is 18.3 Å². The first-order valence-electron chi connectivity index (χ1n) is 7.54. The Morgan fingerprint density at radius 3 is 2.82 bits per heavy atom. The Labute approximate surface area is 129 Å². The number of phenolic OH excluding ortho intramolecular Hbond substituents is 1. The van der Waals surface area contributed by atoms with Crippen LogP contribution in [0.5, 0.6) is 11.5 Å². The summed E-state index contributed by atoms with van der Waals surface area (Å²) in [7, 11) is 3.50. The predicted octanol–water partition coefficient (Wildman–Crippen LogP) is 2.14. The van der Waals surface area contributed by atoms with Crippen LogP contribution in [0.4, 0.5) is 5.95 Å². The summed E-state index contributed by atoms with van der Waals surface area (Å²) >= 11 is 0. The average molecular weight is 303 g/mol. The summed E-state index contributed by atoms with van der Waals surface area (Å²) < 4.78 is 6.99. The van der Waals surface area contributed by atoms with Crippen molar-refractivity contribution in [2.45, 2.75) is 38.3 Å². The van der Waals surface area contributed by atoms with Gasteiger partial charge in [0.2, 0.25) is 5.95 Å².